The third-order valence-electron chi connectivity index (χ3n) is 4.88. The van der Waals surface area contributed by atoms with Crippen LogP contribution in [0.4, 0.5) is 0 Å². The quantitative estimate of drug-likeness (QED) is 0.862. The molecule has 0 spiro atoms. The summed E-state index contributed by atoms with van der Waals surface area (Å²) in [5.74, 6) is 1.63. The Morgan fingerprint density at radius 1 is 1.08 bits per heavy atom. The molecule has 2 aromatic rings. The normalized spacial score (nSPS) is 19.9. The first kappa shape index (κ1) is 16.0. The molecule has 2 heterocycles. The molecule has 2 aliphatic rings. The number of hydrogen-bond donors (Lipinski definition) is 0. The predicted octanol–water partition coefficient (Wildman–Crippen LogP) is 2.47. The smallest absolute Gasteiger partial charge is 0.231 e. The number of carbonyl (C=O) groups is 1. The van der Waals surface area contributed by atoms with Gasteiger partial charge in [0.25, 0.3) is 0 Å². The van der Waals surface area contributed by atoms with Gasteiger partial charge in [0, 0.05) is 19.6 Å². The molecular formula is C20H22N2O3. The fourth-order valence-corrected chi connectivity index (χ4v) is 3.51. The van der Waals surface area contributed by atoms with Crippen LogP contribution in [0.2, 0.25) is 0 Å². The molecule has 1 atom stereocenters. The monoisotopic (exact) mass is 338 g/mol. The fraction of sp³-hybridized carbons (Fsp3) is 0.350. The lowest BCUT2D eigenvalue weighted by molar-refractivity contribution is -0.135. The average Bonchev–Trinajstić information content (AvgIpc) is 3.10. The highest BCUT2D eigenvalue weighted by Crippen LogP contribution is 2.33. The molecule has 1 fully saturated rings. The van der Waals surface area contributed by atoms with E-state index in [4.69, 9.17) is 9.47 Å². The summed E-state index contributed by atoms with van der Waals surface area (Å²) in [5.41, 5.74) is 2.15. The van der Waals surface area contributed by atoms with E-state index >= 15 is 0 Å². The van der Waals surface area contributed by atoms with Crippen molar-refractivity contribution in [2.75, 3.05) is 33.5 Å². The molecule has 5 heteroatoms. The van der Waals surface area contributed by atoms with Gasteiger partial charge in [0.2, 0.25) is 12.7 Å². The lowest BCUT2D eigenvalue weighted by Crippen LogP contribution is -2.49. The van der Waals surface area contributed by atoms with Gasteiger partial charge in [-0.3, -0.25) is 4.79 Å². The van der Waals surface area contributed by atoms with Crippen LogP contribution in [0.5, 0.6) is 11.5 Å². The minimum absolute atomic E-state index is 0.0986. The van der Waals surface area contributed by atoms with Crippen molar-refractivity contribution in [1.29, 1.82) is 0 Å². The van der Waals surface area contributed by atoms with Crippen LogP contribution >= 0.6 is 0 Å². The number of nitrogens with zero attached hydrogens (tertiary/aromatic N) is 2. The van der Waals surface area contributed by atoms with Crippen molar-refractivity contribution in [1.82, 2.24) is 9.80 Å². The van der Waals surface area contributed by atoms with Crippen LogP contribution in [-0.2, 0) is 11.2 Å². The zero-order valence-corrected chi connectivity index (χ0v) is 14.4. The van der Waals surface area contributed by atoms with Crippen molar-refractivity contribution >= 4 is 5.91 Å². The van der Waals surface area contributed by atoms with Gasteiger partial charge in [-0.15, -0.1) is 0 Å². The summed E-state index contributed by atoms with van der Waals surface area (Å²) >= 11 is 0. The minimum Gasteiger partial charge on any atom is -0.454 e. The summed E-state index contributed by atoms with van der Waals surface area (Å²) in [5, 5.41) is 0. The molecular weight excluding hydrogens is 316 g/mol. The van der Waals surface area contributed by atoms with Gasteiger partial charge in [-0.1, -0.05) is 36.4 Å². The van der Waals surface area contributed by atoms with E-state index in [9.17, 15) is 4.79 Å². The van der Waals surface area contributed by atoms with E-state index in [-0.39, 0.29) is 18.7 Å². The lowest BCUT2D eigenvalue weighted by Gasteiger charge is -2.40. The molecule has 0 bridgehead atoms. The number of ether oxygens (including phenoxy) is 2. The second kappa shape index (κ2) is 6.76. The fourth-order valence-electron chi connectivity index (χ4n) is 3.51. The lowest BCUT2D eigenvalue weighted by atomic mass is 10.0. The van der Waals surface area contributed by atoms with Crippen LogP contribution < -0.4 is 9.47 Å². The van der Waals surface area contributed by atoms with Crippen LogP contribution in [0.1, 0.15) is 17.2 Å². The highest BCUT2D eigenvalue weighted by Gasteiger charge is 2.30. The Balaban J connectivity index is 1.53. The molecule has 2 aliphatic heterocycles. The van der Waals surface area contributed by atoms with Crippen molar-refractivity contribution in [3.63, 3.8) is 0 Å². The van der Waals surface area contributed by atoms with Crippen LogP contribution in [0.3, 0.4) is 0 Å². The summed E-state index contributed by atoms with van der Waals surface area (Å²) in [6, 6.07) is 16.1. The van der Waals surface area contributed by atoms with Gasteiger partial charge in [0.1, 0.15) is 0 Å². The second-order valence-electron chi connectivity index (χ2n) is 6.64. The summed E-state index contributed by atoms with van der Waals surface area (Å²) in [7, 11) is 2.11. The maximum Gasteiger partial charge on any atom is 0.231 e. The van der Waals surface area contributed by atoms with E-state index < -0.39 is 0 Å². The van der Waals surface area contributed by atoms with E-state index in [1.807, 2.05) is 41.3 Å². The van der Waals surface area contributed by atoms with Gasteiger partial charge in [-0.25, -0.2) is 0 Å². The molecule has 130 valence electrons. The van der Waals surface area contributed by atoms with E-state index in [0.29, 0.717) is 6.42 Å². The Morgan fingerprint density at radius 3 is 2.72 bits per heavy atom. The molecule has 4 rings (SSSR count). The molecule has 1 saturated heterocycles. The third-order valence-corrected chi connectivity index (χ3v) is 4.88. The summed E-state index contributed by atoms with van der Waals surface area (Å²) in [6.07, 6.45) is 0.379. The first-order valence-electron chi connectivity index (χ1n) is 8.62. The summed E-state index contributed by atoms with van der Waals surface area (Å²) in [4.78, 5) is 17.3. The largest absolute Gasteiger partial charge is 0.454 e. The number of likely N-dealkylation sites (N-methyl/N-ethyl adjacent to an activating group) is 1. The Morgan fingerprint density at radius 2 is 1.88 bits per heavy atom. The summed E-state index contributed by atoms with van der Waals surface area (Å²) < 4.78 is 10.8. The molecule has 0 radical (unpaired) electrons. The van der Waals surface area contributed by atoms with Gasteiger partial charge >= 0.3 is 0 Å². The Labute approximate surface area is 147 Å². The standard InChI is InChI=1S/C20H22N2O3/c1-21-9-10-22(17(13-21)16-5-3-2-4-6-16)20(23)12-15-7-8-18-19(11-15)25-14-24-18/h2-8,11,17H,9-10,12-14H2,1H3/t17-/m1/s1. The Hall–Kier alpha value is -2.53. The third kappa shape index (κ3) is 3.33. The van der Waals surface area contributed by atoms with Crippen molar-refractivity contribution in [2.45, 2.75) is 12.5 Å². The molecule has 2 aromatic carbocycles. The maximum atomic E-state index is 13.0. The number of piperazine rings is 1. The second-order valence-corrected chi connectivity index (χ2v) is 6.64. The van der Waals surface area contributed by atoms with Gasteiger partial charge in [-0.2, -0.15) is 0 Å². The van der Waals surface area contributed by atoms with E-state index in [0.717, 1.165) is 36.7 Å². The number of carbonyl (C=O) groups excluding carboxylic acids is 1. The first-order valence-corrected chi connectivity index (χ1v) is 8.62. The molecule has 0 unspecified atom stereocenters. The van der Waals surface area contributed by atoms with Crippen molar-refractivity contribution in [2.24, 2.45) is 0 Å². The minimum atomic E-state index is 0.0986. The zero-order valence-electron chi connectivity index (χ0n) is 14.4. The van der Waals surface area contributed by atoms with Crippen LogP contribution in [-0.4, -0.2) is 49.2 Å². The predicted molar refractivity (Wildman–Crippen MR) is 94.7 cm³/mol. The van der Waals surface area contributed by atoms with Crippen molar-refractivity contribution in [3.8, 4) is 11.5 Å². The van der Waals surface area contributed by atoms with Crippen molar-refractivity contribution in [3.05, 3.63) is 59.7 Å². The number of rotatable bonds is 3. The summed E-state index contributed by atoms with van der Waals surface area (Å²) in [6.45, 7) is 2.76. The molecule has 5 nitrogen and oxygen atoms in total. The molecule has 0 aromatic heterocycles. The van der Waals surface area contributed by atoms with E-state index in [1.165, 1.54) is 5.56 Å². The zero-order chi connectivity index (χ0) is 17.2. The van der Waals surface area contributed by atoms with Gasteiger partial charge in [0.05, 0.1) is 12.5 Å². The number of fused-ring (bicyclic) bond motifs is 1. The van der Waals surface area contributed by atoms with Gasteiger partial charge in [-0.05, 0) is 30.3 Å². The molecule has 25 heavy (non-hydrogen) atoms. The Kier molecular flexibility index (Phi) is 4.32. The van der Waals surface area contributed by atoms with Crippen LogP contribution in [0.25, 0.3) is 0 Å². The van der Waals surface area contributed by atoms with Crippen LogP contribution in [0, 0.1) is 0 Å². The van der Waals surface area contributed by atoms with Gasteiger partial charge in [0.15, 0.2) is 11.5 Å². The number of hydrogen-bond acceptors (Lipinski definition) is 4. The highest BCUT2D eigenvalue weighted by atomic mass is 16.7. The molecule has 0 saturated carbocycles. The van der Waals surface area contributed by atoms with Crippen molar-refractivity contribution < 1.29 is 14.3 Å². The topological polar surface area (TPSA) is 42.0 Å². The Bertz CT molecular complexity index is 763. The highest BCUT2D eigenvalue weighted by molar-refractivity contribution is 5.79. The van der Waals surface area contributed by atoms with Crippen LogP contribution in [0.15, 0.2) is 48.5 Å². The molecule has 1 amide bonds. The van der Waals surface area contributed by atoms with E-state index in [1.54, 1.807) is 0 Å². The number of amides is 1. The first-order chi connectivity index (χ1) is 12.2. The average molecular weight is 338 g/mol. The maximum absolute atomic E-state index is 13.0. The molecule has 0 N–H and O–H groups in total. The SMILES string of the molecule is CN1CCN(C(=O)Cc2ccc3c(c2)OCO3)[C@@H](c2ccccc2)C1. The van der Waals surface area contributed by atoms with Gasteiger partial charge < -0.3 is 19.3 Å². The van der Waals surface area contributed by atoms with E-state index in [2.05, 4.69) is 24.1 Å². The number of benzene rings is 2. The molecule has 0 aliphatic carbocycles.